The van der Waals surface area contributed by atoms with Crippen LogP contribution in [0.25, 0.3) is 0 Å². The van der Waals surface area contributed by atoms with Crippen LogP contribution in [0.1, 0.15) is 45.4 Å². The molecule has 1 aliphatic rings. The van der Waals surface area contributed by atoms with E-state index in [2.05, 4.69) is 12.3 Å². The second-order valence-electron chi connectivity index (χ2n) is 3.67. The van der Waals surface area contributed by atoms with Crippen molar-refractivity contribution in [3.63, 3.8) is 0 Å². The van der Waals surface area contributed by atoms with Crippen LogP contribution in [0.3, 0.4) is 0 Å². The van der Waals surface area contributed by atoms with E-state index in [1.165, 1.54) is 32.1 Å². The van der Waals surface area contributed by atoms with E-state index < -0.39 is 0 Å². The summed E-state index contributed by atoms with van der Waals surface area (Å²) in [6.07, 6.45) is 7.69. The van der Waals surface area contributed by atoms with Crippen LogP contribution in [0, 0.1) is 0 Å². The Morgan fingerprint density at radius 1 is 1.20 bits per heavy atom. The highest BCUT2D eigenvalue weighted by Gasteiger charge is 2.20. The summed E-state index contributed by atoms with van der Waals surface area (Å²) in [4.78, 5) is 5.60. The van der Waals surface area contributed by atoms with Gasteiger partial charge in [-0.1, -0.05) is 26.2 Å². The molecule has 15 heavy (non-hydrogen) atoms. The second kappa shape index (κ2) is 11.0. The third kappa shape index (κ3) is 6.59. The number of hydroxylamine groups is 1. The van der Waals surface area contributed by atoms with E-state index in [1.54, 1.807) is 0 Å². The van der Waals surface area contributed by atoms with Gasteiger partial charge in [-0.2, -0.15) is 0 Å². The van der Waals surface area contributed by atoms with Crippen molar-refractivity contribution in [2.24, 2.45) is 0 Å². The van der Waals surface area contributed by atoms with Crippen molar-refractivity contribution in [1.29, 1.82) is 0 Å². The molecule has 0 unspecified atom stereocenters. The van der Waals surface area contributed by atoms with Crippen LogP contribution in [0.5, 0.6) is 0 Å². The fourth-order valence-corrected chi connectivity index (χ4v) is 1.86. The Kier molecular flexibility index (Phi) is 13.0. The number of halogens is 2. The Morgan fingerprint density at radius 3 is 2.27 bits per heavy atom. The summed E-state index contributed by atoms with van der Waals surface area (Å²) in [5.74, 6) is 0. The number of rotatable bonds is 5. The van der Waals surface area contributed by atoms with Gasteiger partial charge in [0, 0.05) is 7.05 Å². The molecule has 0 atom stereocenters. The molecule has 0 heterocycles. The lowest BCUT2D eigenvalue weighted by Crippen LogP contribution is -2.44. The average molecular weight is 259 g/mol. The minimum absolute atomic E-state index is 0. The largest absolute Gasteiger partial charge is 0.284 e. The van der Waals surface area contributed by atoms with E-state index in [0.29, 0.717) is 6.04 Å². The number of nitrogens with one attached hydrogen (secondary N) is 1. The SMILES string of the molecule is CCCON(NC)C1CCCCC1.Cl.Cl. The first-order chi connectivity index (χ1) is 6.38. The van der Waals surface area contributed by atoms with Gasteiger partial charge in [0.15, 0.2) is 0 Å². The van der Waals surface area contributed by atoms with Gasteiger partial charge in [0.2, 0.25) is 0 Å². The summed E-state index contributed by atoms with van der Waals surface area (Å²) in [6, 6.07) is 0.588. The van der Waals surface area contributed by atoms with Gasteiger partial charge >= 0.3 is 0 Å². The lowest BCUT2D eigenvalue weighted by atomic mass is 9.96. The molecule has 94 valence electrons. The fraction of sp³-hybridized carbons (Fsp3) is 1.00. The Labute approximate surface area is 106 Å². The lowest BCUT2D eigenvalue weighted by Gasteiger charge is -2.32. The molecule has 3 nitrogen and oxygen atoms in total. The van der Waals surface area contributed by atoms with Gasteiger partial charge in [0.25, 0.3) is 0 Å². The van der Waals surface area contributed by atoms with E-state index in [4.69, 9.17) is 4.84 Å². The molecule has 0 bridgehead atoms. The lowest BCUT2D eigenvalue weighted by molar-refractivity contribution is -0.223. The first-order valence-corrected chi connectivity index (χ1v) is 5.48. The average Bonchev–Trinajstić information content (AvgIpc) is 2.21. The molecule has 1 aliphatic carbocycles. The van der Waals surface area contributed by atoms with Crippen LogP contribution in [0.2, 0.25) is 0 Å². The van der Waals surface area contributed by atoms with Crippen molar-refractivity contribution >= 4 is 24.8 Å². The number of nitrogens with zero attached hydrogens (tertiary/aromatic N) is 1. The fourth-order valence-electron chi connectivity index (χ4n) is 1.86. The summed E-state index contributed by atoms with van der Waals surface area (Å²) in [6.45, 7) is 2.95. The topological polar surface area (TPSA) is 24.5 Å². The van der Waals surface area contributed by atoms with Crippen LogP contribution >= 0.6 is 24.8 Å². The maximum Gasteiger partial charge on any atom is 0.0699 e. The maximum atomic E-state index is 5.60. The van der Waals surface area contributed by atoms with Gasteiger partial charge in [-0.3, -0.25) is 4.84 Å². The molecular formula is C10H24Cl2N2O. The molecule has 1 fully saturated rings. The molecule has 0 aromatic carbocycles. The summed E-state index contributed by atoms with van der Waals surface area (Å²) in [5.41, 5.74) is 3.12. The Morgan fingerprint density at radius 2 is 1.80 bits per heavy atom. The molecule has 1 rings (SSSR count). The van der Waals surface area contributed by atoms with E-state index >= 15 is 0 Å². The number of hydrazine groups is 1. The predicted molar refractivity (Wildman–Crippen MR) is 68.5 cm³/mol. The van der Waals surface area contributed by atoms with Gasteiger partial charge in [-0.05, 0) is 19.3 Å². The van der Waals surface area contributed by atoms with Gasteiger partial charge in [0.05, 0.1) is 12.6 Å². The van der Waals surface area contributed by atoms with Gasteiger partial charge < -0.3 is 0 Å². The van der Waals surface area contributed by atoms with Gasteiger partial charge in [0.1, 0.15) is 0 Å². The molecule has 1 N–H and O–H groups in total. The van der Waals surface area contributed by atoms with Crippen LogP contribution in [-0.2, 0) is 4.84 Å². The predicted octanol–water partition coefficient (Wildman–Crippen LogP) is 2.94. The molecule has 0 saturated heterocycles. The first-order valence-electron chi connectivity index (χ1n) is 5.48. The molecule has 0 radical (unpaired) electrons. The van der Waals surface area contributed by atoms with Crippen molar-refractivity contribution in [2.45, 2.75) is 51.5 Å². The smallest absolute Gasteiger partial charge is 0.0699 e. The number of hydrogen-bond acceptors (Lipinski definition) is 3. The molecule has 0 aromatic heterocycles. The zero-order valence-electron chi connectivity index (χ0n) is 9.70. The quantitative estimate of drug-likeness (QED) is 0.768. The van der Waals surface area contributed by atoms with Crippen molar-refractivity contribution in [2.75, 3.05) is 13.7 Å². The van der Waals surface area contributed by atoms with E-state index in [1.807, 2.05) is 12.2 Å². The minimum atomic E-state index is 0. The molecule has 5 heteroatoms. The van der Waals surface area contributed by atoms with Crippen LogP contribution < -0.4 is 5.43 Å². The van der Waals surface area contributed by atoms with Crippen molar-refractivity contribution < 1.29 is 4.84 Å². The monoisotopic (exact) mass is 258 g/mol. The standard InChI is InChI=1S/C10H22N2O.2ClH/c1-3-9-13-12(11-2)10-7-5-4-6-8-10;;/h10-11H,3-9H2,1-2H3;2*1H. The summed E-state index contributed by atoms with van der Waals surface area (Å²) >= 11 is 0. The highest BCUT2D eigenvalue weighted by Crippen LogP contribution is 2.21. The van der Waals surface area contributed by atoms with Crippen molar-refractivity contribution in [1.82, 2.24) is 10.6 Å². The van der Waals surface area contributed by atoms with Gasteiger partial charge in [-0.15, -0.1) is 30.0 Å². The Balaban J connectivity index is 0. The van der Waals surface area contributed by atoms with Gasteiger partial charge in [-0.25, -0.2) is 5.43 Å². The third-order valence-electron chi connectivity index (χ3n) is 2.56. The zero-order chi connectivity index (χ0) is 9.52. The first kappa shape index (κ1) is 17.8. The van der Waals surface area contributed by atoms with E-state index in [0.717, 1.165) is 13.0 Å². The molecular weight excluding hydrogens is 235 g/mol. The van der Waals surface area contributed by atoms with E-state index in [9.17, 15) is 0 Å². The zero-order valence-corrected chi connectivity index (χ0v) is 11.3. The molecule has 1 saturated carbocycles. The minimum Gasteiger partial charge on any atom is -0.284 e. The van der Waals surface area contributed by atoms with Crippen LogP contribution in [0.4, 0.5) is 0 Å². The summed E-state index contributed by atoms with van der Waals surface area (Å²) in [5, 5.41) is 1.95. The Bertz CT molecular complexity index is 133. The summed E-state index contributed by atoms with van der Waals surface area (Å²) < 4.78 is 0. The van der Waals surface area contributed by atoms with E-state index in [-0.39, 0.29) is 24.8 Å². The third-order valence-corrected chi connectivity index (χ3v) is 2.56. The molecule has 0 aromatic rings. The summed E-state index contributed by atoms with van der Waals surface area (Å²) in [7, 11) is 1.93. The van der Waals surface area contributed by atoms with Crippen molar-refractivity contribution in [3.8, 4) is 0 Å². The molecule has 0 amide bonds. The second-order valence-corrected chi connectivity index (χ2v) is 3.67. The molecule has 0 spiro atoms. The Hall–Kier alpha value is 0.460. The highest BCUT2D eigenvalue weighted by molar-refractivity contribution is 5.85. The normalized spacial score (nSPS) is 17.0. The van der Waals surface area contributed by atoms with Crippen LogP contribution in [-0.4, -0.2) is 24.9 Å². The van der Waals surface area contributed by atoms with Crippen molar-refractivity contribution in [3.05, 3.63) is 0 Å². The highest BCUT2D eigenvalue weighted by atomic mass is 35.5. The van der Waals surface area contributed by atoms with Crippen LogP contribution in [0.15, 0.2) is 0 Å². The molecule has 0 aliphatic heterocycles. The maximum absolute atomic E-state index is 5.60. The number of hydrogen-bond donors (Lipinski definition) is 1.